The van der Waals surface area contributed by atoms with Crippen molar-refractivity contribution in [1.29, 1.82) is 0 Å². The monoisotopic (exact) mass is 724 g/mol. The normalized spacial score (nSPS) is 12.6. The van der Waals surface area contributed by atoms with Gasteiger partial charge in [0.2, 0.25) is 16.8 Å². The summed E-state index contributed by atoms with van der Waals surface area (Å²) in [6.45, 7) is 0.503. The number of terminal acetylenes is 1. The number of carbonyl (C=O) groups excluding carboxylic acids is 2. The van der Waals surface area contributed by atoms with Crippen LogP contribution in [0.1, 0.15) is 34.5 Å². The molecule has 2 heterocycles. The second-order valence-corrected chi connectivity index (χ2v) is 12.6. The highest BCUT2D eigenvalue weighted by atomic mass is 32.2. The van der Waals surface area contributed by atoms with E-state index in [1.54, 1.807) is 48.5 Å². The van der Waals surface area contributed by atoms with Crippen LogP contribution >= 0.6 is 12.2 Å². The van der Waals surface area contributed by atoms with Crippen molar-refractivity contribution in [2.24, 2.45) is 5.73 Å². The number of tetrazole rings is 1. The molecule has 1 aliphatic carbocycles. The number of primary amides is 1. The summed E-state index contributed by atoms with van der Waals surface area (Å²) in [5, 5.41) is 14.2. The Morgan fingerprint density at radius 3 is 2.40 bits per heavy atom. The highest BCUT2D eigenvalue weighted by Crippen LogP contribution is 2.29. The largest absolute Gasteiger partial charge is 0.741 e. The molecule has 258 valence electrons. The molecule has 1 aliphatic rings. The SMILES string of the molecule is C#CC[n+]1c2c(cc3cc(NC(=O)c4cccc(N(C(N)=O)c5cccc(-n6[nH]nnc6=S)c5)c4)ccc31)CCCC2.O=S(=O)([O-])C(F)(F)F. The van der Waals surface area contributed by atoms with Gasteiger partial charge in [0.05, 0.1) is 17.1 Å². The van der Waals surface area contributed by atoms with Crippen LogP contribution in [-0.2, 0) is 29.5 Å². The lowest BCUT2D eigenvalue weighted by molar-refractivity contribution is -0.667. The Morgan fingerprint density at radius 2 is 1.76 bits per heavy atom. The van der Waals surface area contributed by atoms with Crippen LogP contribution in [0.3, 0.4) is 0 Å². The highest BCUT2D eigenvalue weighted by molar-refractivity contribution is 7.86. The standard InChI is InChI=1S/C31H26N8O2S.CHF3O3S/c1-2-15-37-27-12-4-3-7-20(27)16-22-17-23(13-14-28(22)37)33-29(40)21-8-5-9-24(18-21)38(30(32)41)25-10-6-11-26(19-25)39-31(42)34-35-36-39;2-1(3,4)8(5,6)7/h1,5-6,8-11,13-14,16-19H,3-4,7,12,15H2,(H3-,32,33,34,36,40,41,42);(H,5,6,7). The second kappa shape index (κ2) is 14.5. The molecular formula is C32H27F3N8O5S2. The molecule has 3 aromatic carbocycles. The molecule has 18 heteroatoms. The van der Waals surface area contributed by atoms with Crippen molar-refractivity contribution in [2.75, 3.05) is 10.2 Å². The summed E-state index contributed by atoms with van der Waals surface area (Å²) in [6.07, 6.45) is 10.0. The lowest BCUT2D eigenvalue weighted by Crippen LogP contribution is -2.41. The number of urea groups is 1. The minimum absolute atomic E-state index is 0.232. The fourth-order valence-corrected chi connectivity index (χ4v) is 5.69. The predicted molar refractivity (Wildman–Crippen MR) is 178 cm³/mol. The summed E-state index contributed by atoms with van der Waals surface area (Å²) in [5.41, 5.74) is 6.34. The Hall–Kier alpha value is -5.64. The van der Waals surface area contributed by atoms with Gasteiger partial charge in [-0.1, -0.05) is 22.4 Å². The molecule has 0 unspecified atom stereocenters. The van der Waals surface area contributed by atoms with Gasteiger partial charge in [-0.2, -0.15) is 23.0 Å². The smallest absolute Gasteiger partial charge is 0.485 e. The number of aromatic nitrogens is 5. The Labute approximate surface area is 288 Å². The number of nitrogens with one attached hydrogen (secondary N) is 2. The second-order valence-electron chi connectivity index (χ2n) is 10.9. The van der Waals surface area contributed by atoms with Crippen molar-refractivity contribution in [3.8, 4) is 18.0 Å². The van der Waals surface area contributed by atoms with Crippen LogP contribution in [0.5, 0.6) is 0 Å². The Kier molecular flexibility index (Phi) is 10.3. The summed E-state index contributed by atoms with van der Waals surface area (Å²) in [6, 6.07) is 21.0. The number of H-pyrrole nitrogens is 1. The van der Waals surface area contributed by atoms with Gasteiger partial charge in [0.15, 0.2) is 15.8 Å². The number of alkyl halides is 3. The van der Waals surface area contributed by atoms with Gasteiger partial charge in [0, 0.05) is 34.7 Å². The average molecular weight is 725 g/mol. The zero-order chi connectivity index (χ0) is 36.2. The average Bonchev–Trinajstić information content (AvgIpc) is 3.50. The van der Waals surface area contributed by atoms with Gasteiger partial charge >= 0.3 is 11.5 Å². The molecule has 6 rings (SSSR count). The lowest BCUT2D eigenvalue weighted by Gasteiger charge is -2.22. The maximum atomic E-state index is 13.4. The number of amides is 3. The molecule has 0 spiro atoms. The van der Waals surface area contributed by atoms with Crippen LogP contribution in [0, 0.1) is 17.1 Å². The summed E-state index contributed by atoms with van der Waals surface area (Å²) in [4.78, 5) is 27.3. The van der Waals surface area contributed by atoms with Gasteiger partial charge in [-0.25, -0.2) is 17.9 Å². The van der Waals surface area contributed by atoms with Gasteiger partial charge in [0.1, 0.15) is 0 Å². The van der Waals surface area contributed by atoms with E-state index in [1.165, 1.54) is 20.8 Å². The Balaban J connectivity index is 0.000000544. The third kappa shape index (κ3) is 7.80. The number of hydrogen-bond donors (Lipinski definition) is 3. The minimum Gasteiger partial charge on any atom is -0.741 e. The van der Waals surface area contributed by atoms with Crippen molar-refractivity contribution >= 4 is 62.2 Å². The zero-order valence-electron chi connectivity index (χ0n) is 25.8. The number of aryl methyl sites for hydroxylation is 1. The molecule has 0 saturated carbocycles. The molecule has 0 fully saturated rings. The fourth-order valence-electron chi connectivity index (χ4n) is 5.50. The molecule has 3 amide bonds. The molecule has 0 atom stereocenters. The molecule has 13 nitrogen and oxygen atoms in total. The van der Waals surface area contributed by atoms with E-state index in [0.29, 0.717) is 34.9 Å². The number of nitrogens with zero attached hydrogens (tertiary/aromatic N) is 5. The van der Waals surface area contributed by atoms with Crippen LogP contribution in [0.4, 0.5) is 35.0 Å². The van der Waals surface area contributed by atoms with E-state index in [1.807, 2.05) is 18.2 Å². The number of anilines is 3. The van der Waals surface area contributed by atoms with E-state index in [-0.39, 0.29) is 10.7 Å². The quantitative estimate of drug-likeness (QED) is 0.0734. The van der Waals surface area contributed by atoms with Crippen LogP contribution in [-0.4, -0.2) is 50.6 Å². The zero-order valence-corrected chi connectivity index (χ0v) is 27.5. The Morgan fingerprint density at radius 1 is 1.08 bits per heavy atom. The first-order valence-corrected chi connectivity index (χ1v) is 16.5. The number of carbonyl (C=O) groups is 2. The number of benzene rings is 3. The maximum absolute atomic E-state index is 13.4. The van der Waals surface area contributed by atoms with Gasteiger partial charge in [-0.15, -0.1) is 6.42 Å². The van der Waals surface area contributed by atoms with Crippen LogP contribution in [0.15, 0.2) is 72.8 Å². The van der Waals surface area contributed by atoms with Crippen LogP contribution in [0.25, 0.3) is 16.6 Å². The molecule has 0 radical (unpaired) electrons. The van der Waals surface area contributed by atoms with Crippen molar-refractivity contribution < 1.29 is 40.3 Å². The predicted octanol–water partition coefficient (Wildman–Crippen LogP) is 4.80. The number of pyridine rings is 1. The first kappa shape index (κ1) is 35.7. The summed E-state index contributed by atoms with van der Waals surface area (Å²) >= 11 is 5.19. The molecule has 5 aromatic rings. The van der Waals surface area contributed by atoms with Crippen molar-refractivity contribution in [1.82, 2.24) is 20.2 Å². The van der Waals surface area contributed by atoms with E-state index in [0.717, 1.165) is 36.6 Å². The fraction of sp³-hybridized carbons (Fsp3) is 0.188. The third-order valence-corrected chi connectivity index (χ3v) is 8.48. The highest BCUT2D eigenvalue weighted by Gasteiger charge is 2.37. The molecule has 0 saturated heterocycles. The van der Waals surface area contributed by atoms with Crippen LogP contribution < -0.4 is 20.5 Å². The minimum atomic E-state index is -6.09. The van der Waals surface area contributed by atoms with E-state index in [2.05, 4.69) is 37.4 Å². The lowest BCUT2D eigenvalue weighted by atomic mass is 9.94. The van der Waals surface area contributed by atoms with Crippen LogP contribution in [0.2, 0.25) is 0 Å². The van der Waals surface area contributed by atoms with Gasteiger partial charge in [-0.05, 0) is 92.0 Å². The summed E-state index contributed by atoms with van der Waals surface area (Å²) < 4.78 is 62.8. The molecule has 0 aliphatic heterocycles. The number of hydrogen-bond acceptors (Lipinski definition) is 8. The molecule has 4 N–H and O–H groups in total. The van der Waals surface area contributed by atoms with Crippen molar-refractivity contribution in [2.45, 2.75) is 37.7 Å². The molecular weight excluding hydrogens is 698 g/mol. The van der Waals surface area contributed by atoms with Gasteiger partial charge in [0.25, 0.3) is 5.91 Å². The Bertz CT molecular complexity index is 2320. The number of aromatic amines is 1. The number of fused-ring (bicyclic) bond motifs is 2. The van der Waals surface area contributed by atoms with Gasteiger partial charge in [-0.3, -0.25) is 9.69 Å². The van der Waals surface area contributed by atoms with E-state index in [4.69, 9.17) is 37.3 Å². The first-order valence-electron chi connectivity index (χ1n) is 14.7. The number of nitrogens with two attached hydrogens (primary N) is 1. The summed E-state index contributed by atoms with van der Waals surface area (Å²) in [7, 11) is -6.09. The number of rotatable bonds is 6. The molecule has 0 bridgehead atoms. The van der Waals surface area contributed by atoms with E-state index >= 15 is 0 Å². The van der Waals surface area contributed by atoms with Gasteiger partial charge < -0.3 is 15.6 Å². The van der Waals surface area contributed by atoms with E-state index in [9.17, 15) is 22.8 Å². The topological polar surface area (TPSA) is 183 Å². The first-order chi connectivity index (χ1) is 23.7. The summed E-state index contributed by atoms with van der Waals surface area (Å²) in [5.74, 6) is 2.46. The third-order valence-electron chi connectivity index (χ3n) is 7.65. The number of halogens is 3. The maximum Gasteiger partial charge on any atom is 0.485 e. The van der Waals surface area contributed by atoms with Crippen molar-refractivity contribution in [3.63, 3.8) is 0 Å². The van der Waals surface area contributed by atoms with E-state index < -0.39 is 21.7 Å². The molecule has 50 heavy (non-hydrogen) atoms. The van der Waals surface area contributed by atoms with Crippen molar-refractivity contribution in [3.05, 3.63) is 94.4 Å². The molecule has 2 aromatic heterocycles.